The summed E-state index contributed by atoms with van der Waals surface area (Å²) in [6, 6.07) is 5.33. The molecule has 0 unspecified atom stereocenters. The number of hydrogen-bond acceptors (Lipinski definition) is 4. The molecule has 0 heterocycles. The fourth-order valence-electron chi connectivity index (χ4n) is 1.29. The van der Waals surface area contributed by atoms with E-state index in [4.69, 9.17) is 9.84 Å². The average Bonchev–Trinajstić information content (AvgIpc) is 2.20. The van der Waals surface area contributed by atoms with Crippen LogP contribution >= 0.6 is 0 Å². The van der Waals surface area contributed by atoms with Crippen molar-refractivity contribution >= 4 is 0 Å². The largest absolute Gasteiger partial charge is 0.504 e. The van der Waals surface area contributed by atoms with Crippen LogP contribution in [0.4, 0.5) is 0 Å². The third kappa shape index (κ3) is 3.42. The minimum atomic E-state index is -0.391. The lowest BCUT2D eigenvalue weighted by Gasteiger charge is -2.10. The van der Waals surface area contributed by atoms with E-state index in [0.29, 0.717) is 18.8 Å². The molecule has 0 aliphatic rings. The molecule has 0 spiro atoms. The van der Waals surface area contributed by atoms with Gasteiger partial charge in [-0.2, -0.15) is 0 Å². The van der Waals surface area contributed by atoms with Gasteiger partial charge in [-0.05, 0) is 13.0 Å². The van der Waals surface area contributed by atoms with Crippen LogP contribution in [0.25, 0.3) is 0 Å². The van der Waals surface area contributed by atoms with Crippen molar-refractivity contribution in [1.29, 1.82) is 0 Å². The number of nitrogens with one attached hydrogen (secondary N) is 1. The summed E-state index contributed by atoms with van der Waals surface area (Å²) in [5.74, 6) is 0.615. The molecular formula is C11H17NO3. The van der Waals surface area contributed by atoms with Gasteiger partial charge in [0.25, 0.3) is 0 Å². The predicted octanol–water partition coefficient (Wildman–Crippen LogP) is 0.871. The number of benzene rings is 1. The SMILES string of the molecule is COc1cccc(CNC[C@@H](C)O)c1O. The van der Waals surface area contributed by atoms with E-state index in [2.05, 4.69) is 5.32 Å². The summed E-state index contributed by atoms with van der Waals surface area (Å²) < 4.78 is 4.99. The number of rotatable bonds is 5. The van der Waals surface area contributed by atoms with E-state index in [9.17, 15) is 5.11 Å². The van der Waals surface area contributed by atoms with Crippen LogP contribution in [0.2, 0.25) is 0 Å². The third-order valence-corrected chi connectivity index (χ3v) is 2.06. The molecule has 0 aromatic heterocycles. The van der Waals surface area contributed by atoms with Gasteiger partial charge in [0.1, 0.15) is 0 Å². The van der Waals surface area contributed by atoms with Gasteiger partial charge in [0.05, 0.1) is 13.2 Å². The summed E-state index contributed by atoms with van der Waals surface area (Å²) in [6.45, 7) is 2.71. The van der Waals surface area contributed by atoms with E-state index in [1.54, 1.807) is 13.0 Å². The maximum absolute atomic E-state index is 9.73. The van der Waals surface area contributed by atoms with Crippen molar-refractivity contribution in [3.8, 4) is 11.5 Å². The second-order valence-electron chi connectivity index (χ2n) is 3.45. The van der Waals surface area contributed by atoms with Gasteiger partial charge in [0, 0.05) is 18.7 Å². The van der Waals surface area contributed by atoms with Crippen LogP contribution in [0, 0.1) is 0 Å². The van der Waals surface area contributed by atoms with Gasteiger partial charge < -0.3 is 20.3 Å². The van der Waals surface area contributed by atoms with Gasteiger partial charge in [0.2, 0.25) is 0 Å². The van der Waals surface area contributed by atoms with Crippen LogP contribution < -0.4 is 10.1 Å². The number of phenolic OH excluding ortho intramolecular Hbond substituents is 1. The van der Waals surface area contributed by atoms with Crippen LogP contribution in [0.5, 0.6) is 11.5 Å². The molecule has 1 aromatic rings. The van der Waals surface area contributed by atoms with Crippen LogP contribution in [0.3, 0.4) is 0 Å². The summed E-state index contributed by atoms with van der Waals surface area (Å²) >= 11 is 0. The van der Waals surface area contributed by atoms with E-state index >= 15 is 0 Å². The highest BCUT2D eigenvalue weighted by molar-refractivity contribution is 5.45. The summed E-state index contributed by atoms with van der Waals surface area (Å²) in [4.78, 5) is 0. The smallest absolute Gasteiger partial charge is 0.162 e. The lowest BCUT2D eigenvalue weighted by Crippen LogP contribution is -2.23. The van der Waals surface area contributed by atoms with Gasteiger partial charge in [0.15, 0.2) is 11.5 Å². The number of hydrogen-bond donors (Lipinski definition) is 3. The molecule has 1 rings (SSSR count). The number of aromatic hydroxyl groups is 1. The Morgan fingerprint density at radius 2 is 2.20 bits per heavy atom. The minimum Gasteiger partial charge on any atom is -0.504 e. The zero-order valence-corrected chi connectivity index (χ0v) is 9.03. The van der Waals surface area contributed by atoms with Crippen LogP contribution in [-0.2, 0) is 6.54 Å². The third-order valence-electron chi connectivity index (χ3n) is 2.06. The molecule has 1 aromatic carbocycles. The second kappa shape index (κ2) is 5.58. The zero-order chi connectivity index (χ0) is 11.3. The molecule has 0 saturated carbocycles. The number of aliphatic hydroxyl groups excluding tert-OH is 1. The first-order chi connectivity index (χ1) is 7.15. The monoisotopic (exact) mass is 211 g/mol. The van der Waals surface area contributed by atoms with Crippen LogP contribution in [-0.4, -0.2) is 30.0 Å². The number of aliphatic hydroxyl groups is 1. The highest BCUT2D eigenvalue weighted by atomic mass is 16.5. The molecule has 0 aliphatic heterocycles. The van der Waals surface area contributed by atoms with Crippen molar-refractivity contribution in [1.82, 2.24) is 5.32 Å². The molecule has 0 amide bonds. The second-order valence-corrected chi connectivity index (χ2v) is 3.45. The Morgan fingerprint density at radius 1 is 1.47 bits per heavy atom. The van der Waals surface area contributed by atoms with Gasteiger partial charge in [-0.15, -0.1) is 0 Å². The van der Waals surface area contributed by atoms with Crippen molar-refractivity contribution in [2.24, 2.45) is 0 Å². The molecule has 0 aliphatic carbocycles. The van der Waals surface area contributed by atoms with Crippen LogP contribution in [0.15, 0.2) is 18.2 Å². The van der Waals surface area contributed by atoms with Crippen LogP contribution in [0.1, 0.15) is 12.5 Å². The number of para-hydroxylation sites is 1. The Bertz CT molecular complexity index is 313. The van der Waals surface area contributed by atoms with Gasteiger partial charge in [-0.1, -0.05) is 12.1 Å². The summed E-state index contributed by atoms with van der Waals surface area (Å²) in [7, 11) is 1.52. The van der Waals surface area contributed by atoms with E-state index in [0.717, 1.165) is 5.56 Å². The molecule has 0 saturated heterocycles. The maximum atomic E-state index is 9.73. The summed E-state index contributed by atoms with van der Waals surface area (Å²) in [5, 5.41) is 21.8. The standard InChI is InChI=1S/C11H17NO3/c1-8(13)6-12-7-9-4-3-5-10(15-2)11(9)14/h3-5,8,12-14H,6-7H2,1-2H3/t8-/m1/s1. The quantitative estimate of drug-likeness (QED) is 0.676. The zero-order valence-electron chi connectivity index (χ0n) is 9.03. The van der Waals surface area contributed by atoms with E-state index < -0.39 is 6.10 Å². The van der Waals surface area contributed by atoms with Crippen molar-refractivity contribution < 1.29 is 14.9 Å². The Balaban J connectivity index is 2.61. The Labute approximate surface area is 89.5 Å². The van der Waals surface area contributed by atoms with Gasteiger partial charge in [-0.3, -0.25) is 0 Å². The molecule has 4 heteroatoms. The fraction of sp³-hybridized carbons (Fsp3) is 0.455. The van der Waals surface area contributed by atoms with E-state index in [1.165, 1.54) is 7.11 Å². The minimum absolute atomic E-state index is 0.151. The first-order valence-electron chi connectivity index (χ1n) is 4.88. The van der Waals surface area contributed by atoms with Gasteiger partial charge in [-0.25, -0.2) is 0 Å². The Hall–Kier alpha value is -1.26. The lowest BCUT2D eigenvalue weighted by atomic mass is 10.2. The lowest BCUT2D eigenvalue weighted by molar-refractivity contribution is 0.191. The molecule has 0 bridgehead atoms. The molecule has 3 N–H and O–H groups in total. The maximum Gasteiger partial charge on any atom is 0.162 e. The molecule has 84 valence electrons. The number of methoxy groups -OCH3 is 1. The molecule has 15 heavy (non-hydrogen) atoms. The number of phenols is 1. The fourth-order valence-corrected chi connectivity index (χ4v) is 1.29. The molecule has 0 fully saturated rings. The number of ether oxygens (including phenoxy) is 1. The Morgan fingerprint density at radius 3 is 2.80 bits per heavy atom. The normalized spacial score (nSPS) is 12.5. The predicted molar refractivity (Wildman–Crippen MR) is 58.0 cm³/mol. The van der Waals surface area contributed by atoms with Crippen molar-refractivity contribution in [2.75, 3.05) is 13.7 Å². The van der Waals surface area contributed by atoms with Gasteiger partial charge >= 0.3 is 0 Å². The van der Waals surface area contributed by atoms with Crippen molar-refractivity contribution in [3.05, 3.63) is 23.8 Å². The Kier molecular flexibility index (Phi) is 4.39. The first-order valence-corrected chi connectivity index (χ1v) is 4.88. The topological polar surface area (TPSA) is 61.7 Å². The van der Waals surface area contributed by atoms with Crippen molar-refractivity contribution in [2.45, 2.75) is 19.6 Å². The highest BCUT2D eigenvalue weighted by Gasteiger charge is 2.06. The highest BCUT2D eigenvalue weighted by Crippen LogP contribution is 2.28. The average molecular weight is 211 g/mol. The summed E-state index contributed by atoms with van der Waals surface area (Å²) in [6.07, 6.45) is -0.391. The molecule has 0 radical (unpaired) electrons. The molecule has 1 atom stereocenters. The van der Waals surface area contributed by atoms with E-state index in [1.807, 2.05) is 12.1 Å². The molecular weight excluding hydrogens is 194 g/mol. The molecule has 4 nitrogen and oxygen atoms in total. The van der Waals surface area contributed by atoms with Crippen molar-refractivity contribution in [3.63, 3.8) is 0 Å². The van der Waals surface area contributed by atoms with E-state index in [-0.39, 0.29) is 5.75 Å². The summed E-state index contributed by atoms with van der Waals surface area (Å²) in [5.41, 5.74) is 0.759. The first kappa shape index (κ1) is 11.8.